The highest BCUT2D eigenvalue weighted by molar-refractivity contribution is 7.92. The summed E-state index contributed by atoms with van der Waals surface area (Å²) < 4.78 is 71.5. The fraction of sp³-hybridized carbons (Fsp3) is 0.0769. The van der Waals surface area contributed by atoms with E-state index >= 15 is 0 Å². The van der Waals surface area contributed by atoms with E-state index in [9.17, 15) is 21.6 Å². The summed E-state index contributed by atoms with van der Waals surface area (Å²) in [6, 6.07) is 4.41. The van der Waals surface area contributed by atoms with E-state index in [1.54, 1.807) is 4.72 Å². The predicted octanol–water partition coefficient (Wildman–Crippen LogP) is 3.57. The molecule has 0 amide bonds. The van der Waals surface area contributed by atoms with Crippen molar-refractivity contribution in [2.45, 2.75) is 4.90 Å². The van der Waals surface area contributed by atoms with Gasteiger partial charge in [-0.25, -0.2) is 21.6 Å². The molecule has 22 heavy (non-hydrogen) atoms. The minimum atomic E-state index is -4.53. The van der Waals surface area contributed by atoms with Crippen LogP contribution in [0, 0.1) is 17.5 Å². The zero-order valence-electron chi connectivity index (χ0n) is 11.0. The second-order valence-corrected chi connectivity index (χ2v) is 6.23. The number of hydrogen-bond acceptors (Lipinski definition) is 3. The van der Waals surface area contributed by atoms with Crippen LogP contribution in [-0.2, 0) is 10.0 Å². The molecule has 0 heterocycles. The Kier molecular flexibility index (Phi) is 4.52. The van der Waals surface area contributed by atoms with Crippen molar-refractivity contribution in [1.82, 2.24) is 0 Å². The molecule has 0 fully saturated rings. The number of benzene rings is 2. The molecule has 0 saturated heterocycles. The van der Waals surface area contributed by atoms with Gasteiger partial charge < -0.3 is 4.74 Å². The quantitative estimate of drug-likeness (QED) is 0.916. The van der Waals surface area contributed by atoms with Crippen molar-refractivity contribution < 1.29 is 26.3 Å². The van der Waals surface area contributed by atoms with Gasteiger partial charge in [-0.2, -0.15) is 0 Å². The van der Waals surface area contributed by atoms with Crippen molar-refractivity contribution in [2.75, 3.05) is 11.8 Å². The Balaban J connectivity index is 2.45. The van der Waals surface area contributed by atoms with E-state index in [1.807, 2.05) is 0 Å². The summed E-state index contributed by atoms with van der Waals surface area (Å²) in [5, 5.41) is -0.242. The third-order valence-electron chi connectivity index (χ3n) is 2.67. The van der Waals surface area contributed by atoms with Gasteiger partial charge in [0, 0.05) is 11.1 Å². The van der Waals surface area contributed by atoms with Crippen LogP contribution in [-0.4, -0.2) is 15.5 Å². The Morgan fingerprint density at radius 1 is 1.05 bits per heavy atom. The van der Waals surface area contributed by atoms with Gasteiger partial charge in [0.2, 0.25) is 0 Å². The molecule has 0 aliphatic rings. The van der Waals surface area contributed by atoms with Crippen LogP contribution < -0.4 is 9.46 Å². The predicted molar refractivity (Wildman–Crippen MR) is 75.1 cm³/mol. The fourth-order valence-corrected chi connectivity index (χ4v) is 2.98. The number of halogens is 4. The Bertz CT molecular complexity index is 804. The summed E-state index contributed by atoms with van der Waals surface area (Å²) in [7, 11) is -3.25. The highest BCUT2D eigenvalue weighted by Gasteiger charge is 2.23. The molecule has 4 nitrogen and oxygen atoms in total. The number of nitrogens with one attached hydrogen (secondary N) is 1. The molecule has 0 atom stereocenters. The van der Waals surface area contributed by atoms with E-state index in [1.165, 1.54) is 13.2 Å². The maximum absolute atomic E-state index is 13.8. The molecule has 0 aliphatic carbocycles. The minimum absolute atomic E-state index is 0.0975. The Morgan fingerprint density at radius 2 is 1.64 bits per heavy atom. The molecular formula is C13H9ClF3NO3S. The first-order valence-corrected chi connectivity index (χ1v) is 7.61. The summed E-state index contributed by atoms with van der Waals surface area (Å²) >= 11 is 5.44. The van der Waals surface area contributed by atoms with Gasteiger partial charge in [-0.05, 0) is 24.3 Å². The van der Waals surface area contributed by atoms with Gasteiger partial charge >= 0.3 is 0 Å². The molecule has 2 aromatic carbocycles. The van der Waals surface area contributed by atoms with Gasteiger partial charge in [0.1, 0.15) is 22.1 Å². The van der Waals surface area contributed by atoms with Crippen LogP contribution in [0.3, 0.4) is 0 Å². The highest BCUT2D eigenvalue weighted by Crippen LogP contribution is 2.27. The summed E-state index contributed by atoms with van der Waals surface area (Å²) in [6.07, 6.45) is 0. The van der Waals surface area contributed by atoms with Gasteiger partial charge in [-0.1, -0.05) is 11.6 Å². The molecule has 0 spiro atoms. The molecule has 0 bridgehead atoms. The second-order valence-electron chi connectivity index (χ2n) is 4.15. The fourth-order valence-electron chi connectivity index (χ4n) is 1.66. The lowest BCUT2D eigenvalue weighted by atomic mass is 10.3. The summed E-state index contributed by atoms with van der Waals surface area (Å²) in [5.74, 6) is -3.47. The summed E-state index contributed by atoms with van der Waals surface area (Å²) in [6.45, 7) is 0. The third kappa shape index (κ3) is 3.28. The van der Waals surface area contributed by atoms with Gasteiger partial charge in [0.15, 0.2) is 11.6 Å². The molecule has 0 aromatic heterocycles. The van der Waals surface area contributed by atoms with Crippen LogP contribution in [0.5, 0.6) is 5.75 Å². The van der Waals surface area contributed by atoms with Crippen LogP contribution >= 0.6 is 11.6 Å². The maximum Gasteiger partial charge on any atom is 0.265 e. The number of ether oxygens (including phenoxy) is 1. The molecule has 2 aromatic rings. The third-order valence-corrected chi connectivity index (χ3v) is 4.27. The van der Waals surface area contributed by atoms with Crippen molar-refractivity contribution in [3.8, 4) is 5.75 Å². The zero-order chi connectivity index (χ0) is 16.5. The van der Waals surface area contributed by atoms with E-state index in [2.05, 4.69) is 0 Å². The molecule has 0 radical (unpaired) electrons. The first-order chi connectivity index (χ1) is 10.2. The molecule has 1 N–H and O–H groups in total. The van der Waals surface area contributed by atoms with Gasteiger partial charge in [-0.3, -0.25) is 4.72 Å². The Labute approximate surface area is 129 Å². The van der Waals surface area contributed by atoms with Crippen LogP contribution in [0.4, 0.5) is 18.9 Å². The molecular weight excluding hydrogens is 343 g/mol. The number of anilines is 1. The lowest BCUT2D eigenvalue weighted by molar-refractivity contribution is 0.410. The topological polar surface area (TPSA) is 55.4 Å². The first-order valence-electron chi connectivity index (χ1n) is 5.75. The molecule has 0 unspecified atom stereocenters. The number of rotatable bonds is 4. The summed E-state index contributed by atoms with van der Waals surface area (Å²) in [4.78, 5) is -0.776. The smallest absolute Gasteiger partial charge is 0.265 e. The molecule has 9 heteroatoms. The second kappa shape index (κ2) is 6.05. The first kappa shape index (κ1) is 16.4. The van der Waals surface area contributed by atoms with Crippen molar-refractivity contribution in [3.63, 3.8) is 0 Å². The van der Waals surface area contributed by atoms with Crippen molar-refractivity contribution in [2.24, 2.45) is 0 Å². The van der Waals surface area contributed by atoms with E-state index in [-0.39, 0.29) is 10.8 Å². The van der Waals surface area contributed by atoms with Crippen LogP contribution in [0.1, 0.15) is 0 Å². The lowest BCUT2D eigenvalue weighted by Crippen LogP contribution is -2.16. The monoisotopic (exact) mass is 351 g/mol. The summed E-state index contributed by atoms with van der Waals surface area (Å²) in [5.41, 5.74) is -0.945. The average Bonchev–Trinajstić information content (AvgIpc) is 2.42. The van der Waals surface area contributed by atoms with Crippen molar-refractivity contribution in [1.29, 1.82) is 0 Å². The van der Waals surface area contributed by atoms with E-state index < -0.39 is 38.1 Å². The van der Waals surface area contributed by atoms with Gasteiger partial charge in [0.25, 0.3) is 10.0 Å². The van der Waals surface area contributed by atoms with Crippen LogP contribution in [0.25, 0.3) is 0 Å². The van der Waals surface area contributed by atoms with Gasteiger partial charge in [0.05, 0.1) is 7.11 Å². The normalized spacial score (nSPS) is 11.3. The van der Waals surface area contributed by atoms with E-state index in [0.29, 0.717) is 0 Å². The standard InChI is InChI=1S/C13H9ClF3NO3S/c1-21-8-2-3-12(9(15)6-8)22(19,20)18-13-10(16)4-7(14)5-11(13)17/h2-6,18H,1H3. The van der Waals surface area contributed by atoms with E-state index in [0.717, 1.165) is 24.3 Å². The van der Waals surface area contributed by atoms with Gasteiger partial charge in [-0.15, -0.1) is 0 Å². The highest BCUT2D eigenvalue weighted by atomic mass is 35.5. The SMILES string of the molecule is COc1ccc(S(=O)(=O)Nc2c(F)cc(Cl)cc2F)c(F)c1. The molecule has 0 saturated carbocycles. The number of hydrogen-bond donors (Lipinski definition) is 1. The van der Waals surface area contributed by atoms with E-state index in [4.69, 9.17) is 16.3 Å². The number of methoxy groups -OCH3 is 1. The Morgan fingerprint density at radius 3 is 2.14 bits per heavy atom. The number of sulfonamides is 1. The zero-order valence-corrected chi connectivity index (χ0v) is 12.6. The Hall–Kier alpha value is -1.93. The lowest BCUT2D eigenvalue weighted by Gasteiger charge is -2.11. The molecule has 0 aliphatic heterocycles. The molecule has 118 valence electrons. The molecule has 2 rings (SSSR count). The van der Waals surface area contributed by atoms with Crippen LogP contribution in [0.15, 0.2) is 35.2 Å². The van der Waals surface area contributed by atoms with Crippen LogP contribution in [0.2, 0.25) is 5.02 Å². The maximum atomic E-state index is 13.8. The van der Waals surface area contributed by atoms with Crippen molar-refractivity contribution in [3.05, 3.63) is 52.8 Å². The largest absolute Gasteiger partial charge is 0.497 e. The minimum Gasteiger partial charge on any atom is -0.497 e. The average molecular weight is 352 g/mol. The van der Waals surface area contributed by atoms with Crippen molar-refractivity contribution >= 4 is 27.3 Å².